The van der Waals surface area contributed by atoms with Crippen LogP contribution in [0.5, 0.6) is 0 Å². The minimum absolute atomic E-state index is 0.118. The summed E-state index contributed by atoms with van der Waals surface area (Å²) >= 11 is 0. The number of nitrogens with two attached hydrogens (primary N) is 1. The third-order valence-corrected chi connectivity index (χ3v) is 2.12. The Morgan fingerprint density at radius 1 is 1.44 bits per heavy atom. The quantitative estimate of drug-likeness (QED) is 0.576. The highest BCUT2D eigenvalue weighted by atomic mass is 16.5. The van der Waals surface area contributed by atoms with Crippen molar-refractivity contribution in [2.45, 2.75) is 13.5 Å². The molecule has 0 aliphatic carbocycles. The smallest absolute Gasteiger partial charge is 0.285 e. The van der Waals surface area contributed by atoms with Crippen LogP contribution in [0.15, 0.2) is 36.2 Å². The summed E-state index contributed by atoms with van der Waals surface area (Å²) in [6, 6.07) is 8.11. The van der Waals surface area contributed by atoms with E-state index in [4.69, 9.17) is 10.5 Å². The summed E-state index contributed by atoms with van der Waals surface area (Å²) in [6.07, 6.45) is 1.47. The van der Waals surface area contributed by atoms with E-state index in [9.17, 15) is 4.79 Å². The minimum Gasteiger partial charge on any atom is -0.490 e. The first-order valence-electron chi connectivity index (χ1n) is 4.96. The van der Waals surface area contributed by atoms with Gasteiger partial charge in [0.2, 0.25) is 0 Å². The molecule has 0 aliphatic rings. The standard InChI is InChI=1S/C12H16N2O2/c1-9-3-5-10(6-4-9)7-14-8-11(16-2)12(13)15/h3-6,8,14H,7H2,1-2H3,(H2,13,15)/b11-8+. The van der Waals surface area contributed by atoms with Crippen LogP contribution in [0.4, 0.5) is 0 Å². The Labute approximate surface area is 95.1 Å². The molecule has 0 radical (unpaired) electrons. The van der Waals surface area contributed by atoms with Gasteiger partial charge in [-0.25, -0.2) is 0 Å². The van der Waals surface area contributed by atoms with Crippen LogP contribution in [0.2, 0.25) is 0 Å². The predicted octanol–water partition coefficient (Wildman–Crippen LogP) is 1.06. The van der Waals surface area contributed by atoms with E-state index in [0.717, 1.165) is 5.56 Å². The summed E-state index contributed by atoms with van der Waals surface area (Å²) in [5.74, 6) is -0.467. The van der Waals surface area contributed by atoms with E-state index in [1.54, 1.807) is 0 Å². The van der Waals surface area contributed by atoms with E-state index in [1.165, 1.54) is 18.9 Å². The minimum atomic E-state index is -0.584. The first-order valence-corrected chi connectivity index (χ1v) is 4.96. The second kappa shape index (κ2) is 5.80. The number of rotatable bonds is 5. The molecule has 4 heteroatoms. The van der Waals surface area contributed by atoms with Crippen molar-refractivity contribution in [3.8, 4) is 0 Å². The van der Waals surface area contributed by atoms with E-state index in [-0.39, 0.29) is 5.76 Å². The number of hydrogen-bond acceptors (Lipinski definition) is 3. The van der Waals surface area contributed by atoms with Gasteiger partial charge >= 0.3 is 0 Å². The third kappa shape index (κ3) is 3.65. The van der Waals surface area contributed by atoms with E-state index < -0.39 is 5.91 Å². The number of carbonyl (C=O) groups is 1. The average molecular weight is 220 g/mol. The van der Waals surface area contributed by atoms with E-state index >= 15 is 0 Å². The molecule has 0 unspecified atom stereocenters. The van der Waals surface area contributed by atoms with Crippen LogP contribution in [0, 0.1) is 6.92 Å². The number of ether oxygens (including phenoxy) is 1. The lowest BCUT2D eigenvalue weighted by Crippen LogP contribution is -2.18. The maximum absolute atomic E-state index is 10.8. The molecule has 0 aliphatic heterocycles. The van der Waals surface area contributed by atoms with Crippen molar-refractivity contribution in [3.05, 3.63) is 47.4 Å². The van der Waals surface area contributed by atoms with E-state index in [0.29, 0.717) is 6.54 Å². The first kappa shape index (κ1) is 12.1. The maximum Gasteiger partial charge on any atom is 0.285 e. The Bertz CT molecular complexity index is 383. The Morgan fingerprint density at radius 3 is 2.56 bits per heavy atom. The molecular weight excluding hydrogens is 204 g/mol. The van der Waals surface area contributed by atoms with Crippen LogP contribution < -0.4 is 11.1 Å². The maximum atomic E-state index is 10.8. The highest BCUT2D eigenvalue weighted by Crippen LogP contribution is 2.02. The lowest BCUT2D eigenvalue weighted by molar-refractivity contribution is -0.117. The van der Waals surface area contributed by atoms with E-state index in [2.05, 4.69) is 5.32 Å². The fourth-order valence-corrected chi connectivity index (χ4v) is 1.20. The van der Waals surface area contributed by atoms with Crippen molar-refractivity contribution in [3.63, 3.8) is 0 Å². The van der Waals surface area contributed by atoms with E-state index in [1.807, 2.05) is 31.2 Å². The summed E-state index contributed by atoms with van der Waals surface area (Å²) in [5, 5.41) is 2.97. The van der Waals surface area contributed by atoms with Gasteiger partial charge in [-0.1, -0.05) is 29.8 Å². The predicted molar refractivity (Wildman–Crippen MR) is 62.3 cm³/mol. The highest BCUT2D eigenvalue weighted by Gasteiger charge is 2.02. The van der Waals surface area contributed by atoms with Gasteiger partial charge in [0.1, 0.15) is 0 Å². The molecule has 1 aromatic carbocycles. The van der Waals surface area contributed by atoms with Crippen molar-refractivity contribution < 1.29 is 9.53 Å². The lowest BCUT2D eigenvalue weighted by Gasteiger charge is -2.04. The monoisotopic (exact) mass is 220 g/mol. The van der Waals surface area contributed by atoms with Crippen LogP contribution in [0.25, 0.3) is 0 Å². The highest BCUT2D eigenvalue weighted by molar-refractivity contribution is 5.89. The number of carbonyl (C=O) groups excluding carboxylic acids is 1. The molecule has 3 N–H and O–H groups in total. The molecule has 1 rings (SSSR count). The molecular formula is C12H16N2O2. The molecule has 0 aromatic heterocycles. The van der Waals surface area contributed by atoms with Crippen LogP contribution in [-0.2, 0) is 16.1 Å². The normalized spacial score (nSPS) is 11.0. The third-order valence-electron chi connectivity index (χ3n) is 2.12. The van der Waals surface area contributed by atoms with Crippen molar-refractivity contribution in [2.75, 3.05) is 7.11 Å². The van der Waals surface area contributed by atoms with Crippen LogP contribution in [0.3, 0.4) is 0 Å². The summed E-state index contributed by atoms with van der Waals surface area (Å²) in [6.45, 7) is 2.66. The molecule has 0 bridgehead atoms. The van der Waals surface area contributed by atoms with Gasteiger partial charge in [-0.3, -0.25) is 4.79 Å². The van der Waals surface area contributed by atoms with Gasteiger partial charge < -0.3 is 15.8 Å². The SMILES string of the molecule is CO/C(=C/NCc1ccc(C)cc1)C(N)=O. The molecule has 86 valence electrons. The number of primary amides is 1. The number of benzene rings is 1. The summed E-state index contributed by atoms with van der Waals surface area (Å²) in [7, 11) is 1.41. The summed E-state index contributed by atoms with van der Waals surface area (Å²) in [5.41, 5.74) is 7.42. The largest absolute Gasteiger partial charge is 0.490 e. The zero-order chi connectivity index (χ0) is 12.0. The Hall–Kier alpha value is -1.97. The van der Waals surface area contributed by atoms with Gasteiger partial charge in [0.25, 0.3) is 5.91 Å². The van der Waals surface area contributed by atoms with Gasteiger partial charge in [0.05, 0.1) is 7.11 Å². The molecule has 16 heavy (non-hydrogen) atoms. The number of amides is 1. The molecule has 0 saturated heterocycles. The summed E-state index contributed by atoms with van der Waals surface area (Å²) in [4.78, 5) is 10.8. The van der Waals surface area contributed by atoms with Crippen molar-refractivity contribution >= 4 is 5.91 Å². The second-order valence-corrected chi connectivity index (χ2v) is 3.44. The van der Waals surface area contributed by atoms with Crippen LogP contribution >= 0.6 is 0 Å². The van der Waals surface area contributed by atoms with Crippen molar-refractivity contribution in [1.29, 1.82) is 0 Å². The number of aryl methyl sites for hydroxylation is 1. The van der Waals surface area contributed by atoms with Crippen molar-refractivity contribution in [1.82, 2.24) is 5.32 Å². The van der Waals surface area contributed by atoms with Gasteiger partial charge in [-0.2, -0.15) is 0 Å². The Kier molecular flexibility index (Phi) is 4.39. The molecule has 1 aromatic rings. The average Bonchev–Trinajstić information content (AvgIpc) is 2.26. The molecule has 0 spiro atoms. The van der Waals surface area contributed by atoms with Gasteiger partial charge in [-0.15, -0.1) is 0 Å². The van der Waals surface area contributed by atoms with Gasteiger partial charge in [0, 0.05) is 12.7 Å². The molecule has 1 amide bonds. The molecule has 0 saturated carbocycles. The number of methoxy groups -OCH3 is 1. The molecule has 4 nitrogen and oxygen atoms in total. The van der Waals surface area contributed by atoms with Gasteiger partial charge in [0.15, 0.2) is 5.76 Å². The van der Waals surface area contributed by atoms with Crippen LogP contribution in [0.1, 0.15) is 11.1 Å². The zero-order valence-electron chi connectivity index (χ0n) is 9.49. The zero-order valence-corrected chi connectivity index (χ0v) is 9.49. The summed E-state index contributed by atoms with van der Waals surface area (Å²) < 4.78 is 4.79. The van der Waals surface area contributed by atoms with Crippen LogP contribution in [-0.4, -0.2) is 13.0 Å². The fraction of sp³-hybridized carbons (Fsp3) is 0.250. The molecule has 0 fully saturated rings. The van der Waals surface area contributed by atoms with Gasteiger partial charge in [-0.05, 0) is 12.5 Å². The number of hydrogen-bond donors (Lipinski definition) is 2. The topological polar surface area (TPSA) is 64.3 Å². The fourth-order valence-electron chi connectivity index (χ4n) is 1.20. The van der Waals surface area contributed by atoms with Crippen molar-refractivity contribution in [2.24, 2.45) is 5.73 Å². The molecule has 0 atom stereocenters. The lowest BCUT2D eigenvalue weighted by atomic mass is 10.1. The Balaban J connectivity index is 2.52. The first-order chi connectivity index (χ1) is 7.63. The molecule has 0 heterocycles. The second-order valence-electron chi connectivity index (χ2n) is 3.44. The Morgan fingerprint density at radius 2 is 2.06 bits per heavy atom. The number of nitrogens with one attached hydrogen (secondary N) is 1.